The van der Waals surface area contributed by atoms with Crippen LogP contribution in [0.2, 0.25) is 5.02 Å². The van der Waals surface area contributed by atoms with Crippen LogP contribution < -0.4 is 31.7 Å². The minimum Gasteiger partial charge on any atom is -0.348 e. The van der Waals surface area contributed by atoms with Crippen LogP contribution in [0.1, 0.15) is 125 Å². The predicted octanol–water partition coefficient (Wildman–Crippen LogP) is 3.70. The fraction of sp³-hybridized carbons (Fsp3) is 0.489. The number of aromatic nitrogens is 2. The van der Waals surface area contributed by atoms with Crippen molar-refractivity contribution in [2.45, 2.75) is 134 Å². The van der Waals surface area contributed by atoms with E-state index in [-0.39, 0.29) is 53.8 Å². The van der Waals surface area contributed by atoms with Gasteiger partial charge in [0.05, 0.1) is 11.2 Å². The standard InChI is InChI=1S/C47H62ClN9O10S/c1-6-29(5)40(55-42(60)35(22-28(3)4)53-43(61)37-27-50-20-21-51-37)44(62)54-36(23-30-14-10-8-11-15-30)46(64)57(39(58)25-33(49)7-2)47(65)45(63)56-68(66,67)38-24-32(18-19-34(38)48)41(59)52-26-31-16-12-9-13-17-31/h9,12-13,16-21,24,27-30,33,35-36,40H,6-8,10-11,14-15,22-23,25-26,49H2,1-5H3,(H,52,59)(H,53,61)(H,54,62)(H,55,60)(H,56,63)/t29-,33?,35-,36-,40-/m0/s1. The van der Waals surface area contributed by atoms with E-state index in [1.807, 2.05) is 13.8 Å². The first-order valence-corrected chi connectivity index (χ1v) is 24.6. The lowest BCUT2D eigenvalue weighted by molar-refractivity contribution is -0.160. The number of nitrogens with one attached hydrogen (secondary N) is 5. The average molecular weight is 981 g/mol. The lowest BCUT2D eigenvalue weighted by Crippen LogP contribution is -2.61. The highest BCUT2D eigenvalue weighted by Crippen LogP contribution is 2.29. The Morgan fingerprint density at radius 1 is 0.838 bits per heavy atom. The van der Waals surface area contributed by atoms with Gasteiger partial charge in [0, 0.05) is 37.0 Å². The molecule has 21 heteroatoms. The normalized spacial score (nSPS) is 15.1. The van der Waals surface area contributed by atoms with E-state index in [1.54, 1.807) is 55.8 Å². The fourth-order valence-corrected chi connectivity index (χ4v) is 9.02. The first-order chi connectivity index (χ1) is 32.3. The molecule has 8 amide bonds. The van der Waals surface area contributed by atoms with E-state index in [4.69, 9.17) is 17.3 Å². The lowest BCUT2D eigenvalue weighted by Gasteiger charge is -2.32. The summed E-state index contributed by atoms with van der Waals surface area (Å²) in [6, 6.07) is 7.20. The number of halogens is 1. The van der Waals surface area contributed by atoms with Gasteiger partial charge in [-0.15, -0.1) is 0 Å². The number of sulfonamides is 1. The fourth-order valence-electron chi connectivity index (χ4n) is 7.55. The van der Waals surface area contributed by atoms with Crippen molar-refractivity contribution >= 4 is 68.9 Å². The van der Waals surface area contributed by atoms with Crippen LogP contribution in [0.4, 0.5) is 0 Å². The molecule has 368 valence electrons. The molecule has 0 bridgehead atoms. The Morgan fingerprint density at radius 2 is 1.53 bits per heavy atom. The van der Waals surface area contributed by atoms with Gasteiger partial charge >= 0.3 is 11.8 Å². The second-order valence-corrected chi connectivity index (χ2v) is 19.5. The summed E-state index contributed by atoms with van der Waals surface area (Å²) >= 11 is 6.25. The van der Waals surface area contributed by atoms with Crippen LogP contribution in [0.5, 0.6) is 0 Å². The Balaban J connectivity index is 1.64. The molecule has 7 N–H and O–H groups in total. The quantitative estimate of drug-likeness (QED) is 0.0832. The van der Waals surface area contributed by atoms with Gasteiger partial charge in [0.1, 0.15) is 28.7 Å². The molecule has 1 unspecified atom stereocenters. The Kier molecular flexibility index (Phi) is 20.7. The molecule has 1 fully saturated rings. The Bertz CT molecular complexity index is 2390. The van der Waals surface area contributed by atoms with E-state index in [0.717, 1.165) is 37.0 Å². The molecule has 0 radical (unpaired) electrons. The van der Waals surface area contributed by atoms with Crippen LogP contribution in [0, 0.1) is 17.8 Å². The van der Waals surface area contributed by atoms with Gasteiger partial charge in [0.2, 0.25) is 17.7 Å². The van der Waals surface area contributed by atoms with Gasteiger partial charge in [-0.25, -0.2) is 23.0 Å². The third kappa shape index (κ3) is 15.7. The molecule has 19 nitrogen and oxygen atoms in total. The largest absolute Gasteiger partial charge is 0.348 e. The molecule has 3 aromatic rings. The number of hydrogen-bond donors (Lipinski definition) is 6. The molecule has 1 saturated carbocycles. The Morgan fingerprint density at radius 3 is 2.15 bits per heavy atom. The number of carbonyl (C=O) groups is 8. The highest BCUT2D eigenvalue weighted by molar-refractivity contribution is 7.90. The summed E-state index contributed by atoms with van der Waals surface area (Å²) in [5.74, 6) is -10.1. The number of carbonyl (C=O) groups excluding carboxylic acids is 8. The number of amides is 8. The third-order valence-electron chi connectivity index (χ3n) is 11.7. The third-order valence-corrected chi connectivity index (χ3v) is 13.5. The van der Waals surface area contributed by atoms with Gasteiger partial charge in [0.25, 0.3) is 27.7 Å². The summed E-state index contributed by atoms with van der Waals surface area (Å²) in [7, 11) is -5.06. The molecule has 1 aromatic heterocycles. The number of nitrogens with zero attached hydrogens (tertiary/aromatic N) is 3. The summed E-state index contributed by atoms with van der Waals surface area (Å²) in [6.45, 7) is 8.90. The van der Waals surface area contributed by atoms with Gasteiger partial charge in [-0.3, -0.25) is 43.3 Å². The van der Waals surface area contributed by atoms with Crippen molar-refractivity contribution in [1.82, 2.24) is 40.9 Å². The molecule has 2 aromatic carbocycles. The van der Waals surface area contributed by atoms with E-state index in [1.165, 1.54) is 24.7 Å². The minimum absolute atomic E-state index is 0.000709. The van der Waals surface area contributed by atoms with Crippen molar-refractivity contribution in [3.8, 4) is 0 Å². The van der Waals surface area contributed by atoms with Crippen molar-refractivity contribution in [2.75, 3.05) is 0 Å². The van der Waals surface area contributed by atoms with E-state index in [2.05, 4.69) is 31.2 Å². The van der Waals surface area contributed by atoms with E-state index in [9.17, 15) is 46.8 Å². The summed E-state index contributed by atoms with van der Waals surface area (Å²) in [4.78, 5) is 118. The number of benzene rings is 2. The monoisotopic (exact) mass is 979 g/mol. The van der Waals surface area contributed by atoms with Crippen molar-refractivity contribution in [1.29, 1.82) is 0 Å². The number of hydrogen-bond acceptors (Lipinski definition) is 13. The van der Waals surface area contributed by atoms with Crippen LogP contribution in [0.25, 0.3) is 0 Å². The van der Waals surface area contributed by atoms with Crippen molar-refractivity contribution in [3.05, 3.63) is 89.0 Å². The second-order valence-electron chi connectivity index (χ2n) is 17.4. The molecule has 1 aliphatic carbocycles. The second kappa shape index (κ2) is 25.9. The zero-order valence-corrected chi connectivity index (χ0v) is 40.5. The number of nitrogens with two attached hydrogens (primary N) is 1. The topological polar surface area (TPSA) is 286 Å². The first-order valence-electron chi connectivity index (χ1n) is 22.8. The van der Waals surface area contributed by atoms with Gasteiger partial charge in [-0.05, 0) is 60.8 Å². The SMILES string of the molecule is CCC(N)CC(=O)N(C(=O)C(=O)NS(=O)(=O)c1cc(C(=O)NCc2ccccc2)ccc1Cl)C(=O)[C@H](CC1CCCCC1)NC(=O)[C@@H](NC(=O)[C@H](CC(C)C)NC(=O)c1cnccn1)[C@@H](C)CC. The maximum absolute atomic E-state index is 14.7. The molecule has 0 spiro atoms. The first kappa shape index (κ1) is 54.5. The zero-order chi connectivity index (χ0) is 50.1. The molecule has 0 aliphatic heterocycles. The minimum atomic E-state index is -5.06. The Hall–Kier alpha value is -6.12. The average Bonchev–Trinajstić information content (AvgIpc) is 3.32. The van der Waals surface area contributed by atoms with Crippen LogP contribution in [0.3, 0.4) is 0 Å². The number of imide groups is 3. The maximum atomic E-state index is 14.7. The van der Waals surface area contributed by atoms with Crippen molar-refractivity contribution in [2.24, 2.45) is 23.5 Å². The Labute approximate surface area is 401 Å². The van der Waals surface area contributed by atoms with E-state index >= 15 is 0 Å². The predicted molar refractivity (Wildman–Crippen MR) is 251 cm³/mol. The highest BCUT2D eigenvalue weighted by Gasteiger charge is 2.42. The molecule has 1 aliphatic rings. The van der Waals surface area contributed by atoms with Gasteiger partial charge < -0.3 is 27.0 Å². The molecule has 1 heterocycles. The highest BCUT2D eigenvalue weighted by atomic mass is 35.5. The van der Waals surface area contributed by atoms with Crippen molar-refractivity contribution in [3.63, 3.8) is 0 Å². The van der Waals surface area contributed by atoms with Crippen LogP contribution in [0.15, 0.2) is 72.0 Å². The molecular formula is C47H62ClN9O10S. The summed E-state index contributed by atoms with van der Waals surface area (Å²) < 4.78 is 29.0. The summed E-state index contributed by atoms with van der Waals surface area (Å²) in [5.41, 5.74) is 6.65. The molecule has 4 rings (SSSR count). The zero-order valence-electron chi connectivity index (χ0n) is 39.0. The van der Waals surface area contributed by atoms with E-state index in [0.29, 0.717) is 19.3 Å². The van der Waals surface area contributed by atoms with Gasteiger partial charge in [-0.1, -0.05) is 115 Å². The lowest BCUT2D eigenvalue weighted by atomic mass is 9.84. The van der Waals surface area contributed by atoms with Crippen LogP contribution in [-0.4, -0.2) is 94.7 Å². The van der Waals surface area contributed by atoms with Crippen molar-refractivity contribution < 1.29 is 46.8 Å². The molecule has 5 atom stereocenters. The van der Waals surface area contributed by atoms with Crippen LogP contribution >= 0.6 is 11.6 Å². The van der Waals surface area contributed by atoms with Crippen LogP contribution in [-0.2, 0) is 45.3 Å². The smallest absolute Gasteiger partial charge is 0.326 e. The van der Waals surface area contributed by atoms with Gasteiger partial charge in [0.15, 0.2) is 0 Å². The molecule has 68 heavy (non-hydrogen) atoms. The maximum Gasteiger partial charge on any atom is 0.326 e. The van der Waals surface area contributed by atoms with E-state index < -0.39 is 104 Å². The summed E-state index contributed by atoms with van der Waals surface area (Å²) in [6.07, 6.45) is 7.79. The molecule has 0 saturated heterocycles. The molecular weight excluding hydrogens is 918 g/mol. The summed E-state index contributed by atoms with van der Waals surface area (Å²) in [5, 5.41) is 10.3. The number of rotatable bonds is 21. The van der Waals surface area contributed by atoms with Gasteiger partial charge in [-0.2, -0.15) is 0 Å².